The Kier molecular flexibility index (Phi) is 17.0. The molecule has 4 heteroatoms. The van der Waals surface area contributed by atoms with E-state index in [9.17, 15) is 4.79 Å². The number of Topliss-reactive ketones (excluding diaryl/α,β-unsaturated/α-hetero) is 1. The Bertz CT molecular complexity index is 1450. The molecule has 0 aliphatic heterocycles. The predicted molar refractivity (Wildman–Crippen MR) is 198 cm³/mol. The second-order valence-electron chi connectivity index (χ2n) is 10.5. The Morgan fingerprint density at radius 2 is 1.31 bits per heavy atom. The first-order valence-corrected chi connectivity index (χ1v) is 17.1. The lowest BCUT2D eigenvalue weighted by molar-refractivity contribution is -0.116. The fourth-order valence-electron chi connectivity index (χ4n) is 5.15. The number of rotatable bonds is 8. The highest BCUT2D eigenvalue weighted by Crippen LogP contribution is 2.37. The number of carbonyl (C=O) groups is 1. The molecule has 1 fully saturated rings. The zero-order chi connectivity index (χ0) is 33.0. The smallest absolute Gasteiger partial charge is 0.134 e. The molecule has 0 saturated heterocycles. The van der Waals surface area contributed by atoms with E-state index in [1.165, 1.54) is 41.9 Å². The first kappa shape index (κ1) is 37.0. The average molecular weight is 619 g/mol. The Labute approximate surface area is 276 Å². The summed E-state index contributed by atoms with van der Waals surface area (Å²) < 4.78 is 0. The third-order valence-corrected chi connectivity index (χ3v) is 8.41. The third kappa shape index (κ3) is 12.0. The summed E-state index contributed by atoms with van der Waals surface area (Å²) in [4.78, 5) is 16.2. The molecule has 0 atom stereocenters. The molecule has 45 heavy (non-hydrogen) atoms. The van der Waals surface area contributed by atoms with Crippen LogP contribution in [0.4, 0.5) is 17.1 Å². The van der Waals surface area contributed by atoms with E-state index in [1.807, 2.05) is 101 Å². The van der Waals surface area contributed by atoms with E-state index in [4.69, 9.17) is 5.26 Å². The van der Waals surface area contributed by atoms with Crippen molar-refractivity contribution in [2.75, 3.05) is 4.90 Å². The molecule has 0 unspecified atom stereocenters. The van der Waals surface area contributed by atoms with Crippen LogP contribution < -0.4 is 4.90 Å². The Morgan fingerprint density at radius 1 is 0.800 bits per heavy atom. The van der Waals surface area contributed by atoms with Crippen LogP contribution in [0.2, 0.25) is 0 Å². The SMILES string of the molecule is C/C(C#N)=C/c1ccc(C2CCCCC2)s1.C=C(CC(C)=O)c1ccc(N(c2ccccc2)c2ccccc2)cc1.CC.CC. The van der Waals surface area contributed by atoms with E-state index in [-0.39, 0.29) is 5.78 Å². The fourth-order valence-corrected chi connectivity index (χ4v) is 6.33. The van der Waals surface area contributed by atoms with E-state index in [0.29, 0.717) is 6.42 Å². The maximum atomic E-state index is 11.3. The van der Waals surface area contributed by atoms with Crippen LogP contribution in [0.15, 0.2) is 109 Å². The van der Waals surface area contributed by atoms with Crippen molar-refractivity contribution in [2.24, 2.45) is 0 Å². The molecule has 0 spiro atoms. The highest BCUT2D eigenvalue weighted by atomic mass is 32.1. The average Bonchev–Trinajstić information content (AvgIpc) is 3.57. The van der Waals surface area contributed by atoms with Gasteiger partial charge in [0.25, 0.3) is 0 Å². The molecule has 0 radical (unpaired) electrons. The summed E-state index contributed by atoms with van der Waals surface area (Å²) in [5, 5.41) is 8.74. The monoisotopic (exact) mass is 618 g/mol. The zero-order valence-corrected chi connectivity index (χ0v) is 28.9. The van der Waals surface area contributed by atoms with Crippen LogP contribution in [0.3, 0.4) is 0 Å². The van der Waals surface area contributed by atoms with Crippen molar-refractivity contribution in [2.45, 2.75) is 86.0 Å². The van der Waals surface area contributed by atoms with Crippen molar-refractivity contribution in [1.82, 2.24) is 0 Å². The van der Waals surface area contributed by atoms with Crippen molar-refractivity contribution < 1.29 is 4.79 Å². The van der Waals surface area contributed by atoms with Gasteiger partial charge in [-0.25, -0.2) is 0 Å². The lowest BCUT2D eigenvalue weighted by atomic mass is 9.88. The van der Waals surface area contributed by atoms with Crippen molar-refractivity contribution in [3.63, 3.8) is 0 Å². The molecule has 0 N–H and O–H groups in total. The number of thiophene rings is 1. The van der Waals surface area contributed by atoms with Gasteiger partial charge in [0.2, 0.25) is 0 Å². The number of carbonyl (C=O) groups excluding carboxylic acids is 1. The summed E-state index contributed by atoms with van der Waals surface area (Å²) in [6.45, 7) is 15.5. The summed E-state index contributed by atoms with van der Waals surface area (Å²) in [6, 6.07) is 35.3. The first-order valence-electron chi connectivity index (χ1n) is 16.3. The van der Waals surface area contributed by atoms with Gasteiger partial charge in [0.1, 0.15) is 5.78 Å². The molecule has 236 valence electrons. The summed E-state index contributed by atoms with van der Waals surface area (Å²) in [7, 11) is 0. The van der Waals surface area contributed by atoms with E-state index >= 15 is 0 Å². The highest BCUT2D eigenvalue weighted by Gasteiger charge is 2.17. The predicted octanol–water partition coefficient (Wildman–Crippen LogP) is 12.9. The molecule has 1 saturated carbocycles. The van der Waals surface area contributed by atoms with Gasteiger partial charge in [0.05, 0.1) is 6.07 Å². The van der Waals surface area contributed by atoms with Gasteiger partial charge in [-0.3, -0.25) is 4.79 Å². The number of para-hydroxylation sites is 2. The summed E-state index contributed by atoms with van der Waals surface area (Å²) in [5.74, 6) is 0.910. The van der Waals surface area contributed by atoms with Gasteiger partial charge in [-0.05, 0) is 98.4 Å². The molecule has 3 nitrogen and oxygen atoms in total. The Morgan fingerprint density at radius 3 is 1.80 bits per heavy atom. The lowest BCUT2D eigenvalue weighted by Gasteiger charge is -2.25. The van der Waals surface area contributed by atoms with Gasteiger partial charge in [0, 0.05) is 38.8 Å². The molecule has 1 aromatic heterocycles. The number of nitrogens with zero attached hydrogens (tertiary/aromatic N) is 2. The van der Waals surface area contributed by atoms with E-state index in [1.54, 1.807) is 6.92 Å². The molecule has 4 aromatic rings. The van der Waals surface area contributed by atoms with Crippen LogP contribution in [0.5, 0.6) is 0 Å². The molecule has 5 rings (SSSR count). The van der Waals surface area contributed by atoms with Crippen LogP contribution in [-0.4, -0.2) is 5.78 Å². The van der Waals surface area contributed by atoms with Crippen molar-refractivity contribution in [3.05, 3.63) is 125 Å². The Hall–Kier alpha value is -4.20. The second-order valence-corrected chi connectivity index (χ2v) is 11.7. The van der Waals surface area contributed by atoms with E-state index in [2.05, 4.69) is 66.1 Å². The minimum atomic E-state index is 0.129. The molecule has 1 heterocycles. The minimum Gasteiger partial charge on any atom is -0.311 e. The van der Waals surface area contributed by atoms with Gasteiger partial charge in [-0.15, -0.1) is 11.3 Å². The maximum absolute atomic E-state index is 11.3. The van der Waals surface area contributed by atoms with Gasteiger partial charge in [-0.2, -0.15) is 5.26 Å². The van der Waals surface area contributed by atoms with E-state index < -0.39 is 0 Å². The van der Waals surface area contributed by atoms with Crippen molar-refractivity contribution in [3.8, 4) is 6.07 Å². The number of hydrogen-bond acceptors (Lipinski definition) is 4. The fraction of sp³-hybridized carbons (Fsp3) is 0.317. The molecule has 0 bridgehead atoms. The number of nitriles is 1. The number of hydrogen-bond donors (Lipinski definition) is 0. The minimum absolute atomic E-state index is 0.129. The summed E-state index contributed by atoms with van der Waals surface area (Å²) >= 11 is 1.86. The lowest BCUT2D eigenvalue weighted by Crippen LogP contribution is -2.09. The van der Waals surface area contributed by atoms with Crippen molar-refractivity contribution in [1.29, 1.82) is 5.26 Å². The number of allylic oxidation sites excluding steroid dienone is 2. The first-order chi connectivity index (χ1) is 21.9. The second kappa shape index (κ2) is 20.7. The number of benzene rings is 3. The standard InChI is InChI=1S/C23H21NO.C14H17NS.2C2H6/c1-18(17-19(2)25)20-13-15-23(16-14-20)24(21-9-5-3-6-10-21)22-11-7-4-8-12-22;1-11(10-15)9-13-7-8-14(16-13)12-5-3-2-4-6-12;2*1-2/h3-16H,1,17H2,2H3;7-9,12H,2-6H2,1H3;2*1-2H3/b;11-9-;;. The largest absolute Gasteiger partial charge is 0.311 e. The topological polar surface area (TPSA) is 44.1 Å². The number of ketones is 1. The molecular weight excluding hydrogens is 569 g/mol. The van der Waals surface area contributed by atoms with Gasteiger partial charge >= 0.3 is 0 Å². The van der Waals surface area contributed by atoms with Crippen LogP contribution in [0.1, 0.15) is 101 Å². The van der Waals surface area contributed by atoms with Crippen LogP contribution >= 0.6 is 11.3 Å². The van der Waals surface area contributed by atoms with Gasteiger partial charge in [-0.1, -0.05) is 102 Å². The van der Waals surface area contributed by atoms with E-state index in [0.717, 1.165) is 39.7 Å². The molecule has 0 amide bonds. The van der Waals surface area contributed by atoms with Crippen LogP contribution in [0.25, 0.3) is 11.6 Å². The van der Waals surface area contributed by atoms with Gasteiger partial charge in [0.15, 0.2) is 0 Å². The van der Waals surface area contributed by atoms with Crippen LogP contribution in [-0.2, 0) is 4.79 Å². The zero-order valence-electron chi connectivity index (χ0n) is 28.1. The maximum Gasteiger partial charge on any atom is 0.134 e. The third-order valence-electron chi connectivity index (χ3n) is 7.22. The molecule has 3 aromatic carbocycles. The molecule has 1 aliphatic carbocycles. The summed E-state index contributed by atoms with van der Waals surface area (Å²) in [6.07, 6.45) is 9.23. The highest BCUT2D eigenvalue weighted by molar-refractivity contribution is 7.13. The quantitative estimate of drug-likeness (QED) is 0.185. The van der Waals surface area contributed by atoms with Crippen molar-refractivity contribution >= 4 is 45.8 Å². The number of anilines is 3. The Balaban J connectivity index is 0.000000304. The van der Waals surface area contributed by atoms with Crippen LogP contribution in [0, 0.1) is 11.3 Å². The molecular formula is C41H50N2OS. The van der Waals surface area contributed by atoms with Gasteiger partial charge < -0.3 is 4.90 Å². The normalized spacial score (nSPS) is 12.5. The molecule has 1 aliphatic rings. The summed E-state index contributed by atoms with van der Waals surface area (Å²) in [5.41, 5.74) is 5.91.